The van der Waals surface area contributed by atoms with Crippen LogP contribution in [-0.4, -0.2) is 38.1 Å². The maximum Gasteiger partial charge on any atom is 0.225 e. The number of aromatic nitrogens is 4. The number of carbonyl (C=O) groups is 1. The van der Waals surface area contributed by atoms with Crippen LogP contribution in [0.15, 0.2) is 34.3 Å². The highest BCUT2D eigenvalue weighted by atomic mass is 32.2. The molecule has 0 spiro atoms. The Kier molecular flexibility index (Phi) is 4.99. The zero-order valence-electron chi connectivity index (χ0n) is 12.2. The fourth-order valence-electron chi connectivity index (χ4n) is 2.02. The molecular weight excluding hydrogens is 318 g/mol. The minimum Gasteiger partial charge on any atom is -0.325 e. The average Bonchev–Trinajstić information content (AvgIpc) is 3.27. The SMILES string of the molecule is CSc1ccccc1NC(=O)CCSc1nnnn1C1CC1. The Balaban J connectivity index is 1.49. The molecule has 0 atom stereocenters. The molecule has 1 amide bonds. The van der Waals surface area contributed by atoms with Gasteiger partial charge in [0, 0.05) is 17.1 Å². The largest absolute Gasteiger partial charge is 0.325 e. The number of hydrogen-bond acceptors (Lipinski definition) is 6. The van der Waals surface area contributed by atoms with E-state index in [0.29, 0.717) is 18.2 Å². The number of rotatable bonds is 7. The van der Waals surface area contributed by atoms with Crippen LogP contribution in [0.1, 0.15) is 25.3 Å². The normalized spacial score (nSPS) is 14.0. The predicted octanol–water partition coefficient (Wildman–Crippen LogP) is 2.85. The number of tetrazole rings is 1. The summed E-state index contributed by atoms with van der Waals surface area (Å²) in [5, 5.41) is 15.5. The van der Waals surface area contributed by atoms with Crippen molar-refractivity contribution in [1.82, 2.24) is 20.2 Å². The summed E-state index contributed by atoms with van der Waals surface area (Å²) in [7, 11) is 0. The lowest BCUT2D eigenvalue weighted by Gasteiger charge is -2.08. The lowest BCUT2D eigenvalue weighted by Crippen LogP contribution is -2.13. The number of thioether (sulfide) groups is 2. The van der Waals surface area contributed by atoms with Crippen LogP contribution in [0.4, 0.5) is 5.69 Å². The van der Waals surface area contributed by atoms with E-state index in [-0.39, 0.29) is 5.91 Å². The lowest BCUT2D eigenvalue weighted by atomic mass is 10.3. The fourth-order valence-corrected chi connectivity index (χ4v) is 3.46. The van der Waals surface area contributed by atoms with Crippen LogP contribution in [0.2, 0.25) is 0 Å². The summed E-state index contributed by atoms with van der Waals surface area (Å²) in [6.45, 7) is 0. The number of nitrogens with one attached hydrogen (secondary N) is 1. The molecule has 1 aromatic heterocycles. The van der Waals surface area contributed by atoms with Gasteiger partial charge in [0.1, 0.15) is 0 Å². The number of para-hydroxylation sites is 1. The van der Waals surface area contributed by atoms with E-state index in [1.165, 1.54) is 11.8 Å². The van der Waals surface area contributed by atoms with Crippen LogP contribution in [0.3, 0.4) is 0 Å². The van der Waals surface area contributed by atoms with Crippen LogP contribution >= 0.6 is 23.5 Å². The van der Waals surface area contributed by atoms with Gasteiger partial charge in [-0.1, -0.05) is 23.9 Å². The third kappa shape index (κ3) is 3.80. The van der Waals surface area contributed by atoms with E-state index in [1.807, 2.05) is 35.2 Å². The third-order valence-electron chi connectivity index (χ3n) is 3.30. The first-order valence-electron chi connectivity index (χ1n) is 7.11. The summed E-state index contributed by atoms with van der Waals surface area (Å²) < 4.78 is 1.87. The summed E-state index contributed by atoms with van der Waals surface area (Å²) in [5.41, 5.74) is 0.868. The van der Waals surface area contributed by atoms with Crippen molar-refractivity contribution < 1.29 is 4.79 Å². The molecule has 0 bridgehead atoms. The average molecular weight is 335 g/mol. The fraction of sp³-hybridized carbons (Fsp3) is 0.429. The summed E-state index contributed by atoms with van der Waals surface area (Å²) in [6, 6.07) is 8.27. The topological polar surface area (TPSA) is 72.7 Å². The zero-order valence-corrected chi connectivity index (χ0v) is 13.9. The van der Waals surface area contributed by atoms with Gasteiger partial charge in [-0.15, -0.1) is 16.9 Å². The summed E-state index contributed by atoms with van der Waals surface area (Å²) in [4.78, 5) is 13.1. The van der Waals surface area contributed by atoms with E-state index in [4.69, 9.17) is 0 Å². The Morgan fingerprint density at radius 1 is 1.41 bits per heavy atom. The molecule has 1 N–H and O–H groups in total. The molecule has 0 unspecified atom stereocenters. The van der Waals surface area contributed by atoms with Gasteiger partial charge < -0.3 is 5.32 Å². The highest BCUT2D eigenvalue weighted by Crippen LogP contribution is 2.36. The van der Waals surface area contributed by atoms with Crippen molar-refractivity contribution in [2.24, 2.45) is 0 Å². The van der Waals surface area contributed by atoms with Crippen LogP contribution in [0, 0.1) is 0 Å². The maximum absolute atomic E-state index is 12.0. The van der Waals surface area contributed by atoms with Gasteiger partial charge in [-0.2, -0.15) is 0 Å². The molecule has 0 saturated heterocycles. The van der Waals surface area contributed by atoms with E-state index in [9.17, 15) is 4.79 Å². The second-order valence-corrected chi connectivity index (χ2v) is 6.89. The van der Waals surface area contributed by atoms with Gasteiger partial charge in [-0.3, -0.25) is 4.79 Å². The summed E-state index contributed by atoms with van der Waals surface area (Å²) in [6.07, 6.45) is 4.72. The minimum absolute atomic E-state index is 0.0134. The Bertz CT molecular complexity index is 656. The van der Waals surface area contributed by atoms with Crippen molar-refractivity contribution in [2.75, 3.05) is 17.3 Å². The van der Waals surface area contributed by atoms with Gasteiger partial charge in [0.2, 0.25) is 11.1 Å². The molecule has 1 heterocycles. The molecular formula is C14H17N5OS2. The van der Waals surface area contributed by atoms with E-state index in [1.54, 1.807) is 11.8 Å². The molecule has 1 saturated carbocycles. The number of anilines is 1. The second kappa shape index (κ2) is 7.15. The highest BCUT2D eigenvalue weighted by Gasteiger charge is 2.27. The zero-order chi connectivity index (χ0) is 15.4. The number of hydrogen-bond donors (Lipinski definition) is 1. The molecule has 0 aliphatic heterocycles. The molecule has 1 fully saturated rings. The summed E-state index contributed by atoms with van der Waals surface area (Å²) in [5.74, 6) is 0.680. The first-order chi connectivity index (χ1) is 10.8. The number of carbonyl (C=O) groups excluding carboxylic acids is 1. The molecule has 0 radical (unpaired) electrons. The lowest BCUT2D eigenvalue weighted by molar-refractivity contribution is -0.115. The highest BCUT2D eigenvalue weighted by molar-refractivity contribution is 7.99. The van der Waals surface area contributed by atoms with Crippen molar-refractivity contribution in [1.29, 1.82) is 0 Å². The molecule has 1 aliphatic carbocycles. The van der Waals surface area contributed by atoms with Gasteiger partial charge in [-0.25, -0.2) is 4.68 Å². The molecule has 2 aromatic rings. The maximum atomic E-state index is 12.0. The molecule has 3 rings (SSSR count). The van der Waals surface area contributed by atoms with Crippen LogP contribution in [0.5, 0.6) is 0 Å². The van der Waals surface area contributed by atoms with Crippen molar-refractivity contribution in [3.8, 4) is 0 Å². The van der Waals surface area contributed by atoms with E-state index in [2.05, 4.69) is 20.8 Å². The number of amides is 1. The Hall–Kier alpha value is -1.54. The molecule has 116 valence electrons. The van der Waals surface area contributed by atoms with Gasteiger partial charge >= 0.3 is 0 Å². The van der Waals surface area contributed by atoms with Gasteiger partial charge in [0.25, 0.3) is 0 Å². The monoisotopic (exact) mass is 335 g/mol. The van der Waals surface area contributed by atoms with Crippen LogP contribution in [-0.2, 0) is 4.79 Å². The minimum atomic E-state index is 0.0134. The first kappa shape index (κ1) is 15.4. The number of benzene rings is 1. The molecule has 22 heavy (non-hydrogen) atoms. The van der Waals surface area contributed by atoms with Crippen molar-refractivity contribution in [3.63, 3.8) is 0 Å². The van der Waals surface area contributed by atoms with E-state index < -0.39 is 0 Å². The van der Waals surface area contributed by atoms with Gasteiger partial charge in [0.15, 0.2) is 0 Å². The Labute approximate surface area is 137 Å². The molecule has 1 aromatic carbocycles. The van der Waals surface area contributed by atoms with Gasteiger partial charge in [-0.05, 0) is 41.7 Å². The number of nitrogens with zero attached hydrogens (tertiary/aromatic N) is 4. The Morgan fingerprint density at radius 3 is 3.00 bits per heavy atom. The smallest absolute Gasteiger partial charge is 0.225 e. The van der Waals surface area contributed by atoms with Crippen molar-refractivity contribution in [3.05, 3.63) is 24.3 Å². The third-order valence-corrected chi connectivity index (χ3v) is 5.03. The first-order valence-corrected chi connectivity index (χ1v) is 9.32. The van der Waals surface area contributed by atoms with E-state index >= 15 is 0 Å². The van der Waals surface area contributed by atoms with Crippen molar-refractivity contribution in [2.45, 2.75) is 35.4 Å². The van der Waals surface area contributed by atoms with Gasteiger partial charge in [0.05, 0.1) is 11.7 Å². The van der Waals surface area contributed by atoms with Crippen LogP contribution < -0.4 is 5.32 Å². The predicted molar refractivity (Wildman–Crippen MR) is 88.3 cm³/mol. The quantitative estimate of drug-likeness (QED) is 0.785. The Morgan fingerprint density at radius 2 is 2.23 bits per heavy atom. The second-order valence-electron chi connectivity index (χ2n) is 4.98. The molecule has 1 aliphatic rings. The molecule has 6 nitrogen and oxygen atoms in total. The van der Waals surface area contributed by atoms with Crippen molar-refractivity contribution >= 4 is 35.1 Å². The molecule has 8 heteroatoms. The summed E-state index contributed by atoms with van der Waals surface area (Å²) >= 11 is 3.15. The van der Waals surface area contributed by atoms with Crippen LogP contribution in [0.25, 0.3) is 0 Å². The standard InChI is InChI=1S/C14H17N5OS2/c1-21-12-5-3-2-4-11(12)15-13(20)8-9-22-14-16-17-18-19(14)10-6-7-10/h2-5,10H,6-9H2,1H3,(H,15,20). The van der Waals surface area contributed by atoms with E-state index in [0.717, 1.165) is 28.6 Å².